The van der Waals surface area contributed by atoms with E-state index in [4.69, 9.17) is 4.74 Å². The molecule has 2 unspecified atom stereocenters. The van der Waals surface area contributed by atoms with Gasteiger partial charge in [0.05, 0.1) is 12.7 Å². The van der Waals surface area contributed by atoms with Crippen LogP contribution in [0.5, 0.6) is 0 Å². The molecule has 1 aliphatic carbocycles. The molecule has 1 amide bonds. The van der Waals surface area contributed by atoms with Gasteiger partial charge in [-0.2, -0.15) is 11.8 Å². The van der Waals surface area contributed by atoms with Crippen molar-refractivity contribution >= 4 is 35.4 Å². The number of benzene rings is 3. The van der Waals surface area contributed by atoms with Crippen LogP contribution in [0.1, 0.15) is 67.9 Å². The minimum atomic E-state index is -1.02. The van der Waals surface area contributed by atoms with E-state index in [0.29, 0.717) is 30.3 Å². The zero-order chi connectivity index (χ0) is 29.7. The Bertz CT molecular complexity index is 1310. The molecule has 3 aromatic carbocycles. The molecule has 1 fully saturated rings. The zero-order valence-electron chi connectivity index (χ0n) is 26.7. The molecule has 0 aromatic heterocycles. The molecule has 1 saturated carbocycles. The number of thioether (sulfide) groups is 2. The van der Waals surface area contributed by atoms with Crippen LogP contribution in [-0.4, -0.2) is 46.9 Å². The van der Waals surface area contributed by atoms with E-state index in [0.717, 1.165) is 34.4 Å². The number of hydrogen-bond acceptors (Lipinski definition) is 5. The molecule has 5 nitrogen and oxygen atoms in total. The monoisotopic (exact) mass is 613 g/mol. The van der Waals surface area contributed by atoms with Crippen LogP contribution in [0.4, 0.5) is 0 Å². The van der Waals surface area contributed by atoms with Crippen molar-refractivity contribution in [1.82, 2.24) is 5.32 Å². The third-order valence-electron chi connectivity index (χ3n) is 7.96. The van der Waals surface area contributed by atoms with E-state index in [1.165, 1.54) is 37.0 Å². The van der Waals surface area contributed by atoms with Crippen LogP contribution >= 0.6 is 23.5 Å². The molecule has 1 aliphatic rings. The number of rotatable bonds is 15. The summed E-state index contributed by atoms with van der Waals surface area (Å²) in [6, 6.07) is 23.3. The van der Waals surface area contributed by atoms with Crippen molar-refractivity contribution in [3.8, 4) is 11.1 Å². The number of ether oxygens (including phenoxy) is 1. The number of nitrogens with one attached hydrogen (secondary N) is 1. The van der Waals surface area contributed by atoms with Gasteiger partial charge in [0.1, 0.15) is 6.04 Å². The summed E-state index contributed by atoms with van der Waals surface area (Å²) in [5, 5.41) is 12.4. The second-order valence-electron chi connectivity index (χ2n) is 11.1. The van der Waals surface area contributed by atoms with Crippen LogP contribution in [0, 0.1) is 12.8 Å². The summed E-state index contributed by atoms with van der Waals surface area (Å²) in [7, 11) is 0. The number of amides is 1. The molecular formula is C35H44LiNO4S2. The summed E-state index contributed by atoms with van der Waals surface area (Å²) < 4.78 is 6.61. The van der Waals surface area contributed by atoms with Crippen LogP contribution < -0.4 is 24.2 Å². The van der Waals surface area contributed by atoms with E-state index in [1.807, 2.05) is 73.5 Å². The van der Waals surface area contributed by atoms with Gasteiger partial charge >= 0.3 is 24.8 Å². The van der Waals surface area contributed by atoms with Crippen molar-refractivity contribution in [1.29, 1.82) is 0 Å². The first-order valence-corrected chi connectivity index (χ1v) is 17.3. The Morgan fingerprint density at radius 3 is 2.42 bits per heavy atom. The molecule has 0 saturated heterocycles. The average Bonchev–Trinajstić information content (AvgIpc) is 3.01. The Morgan fingerprint density at radius 2 is 1.72 bits per heavy atom. The smallest absolute Gasteiger partial charge is 1.00 e. The summed E-state index contributed by atoms with van der Waals surface area (Å²) in [5.74, 6) is 0.879. The van der Waals surface area contributed by atoms with Crippen LogP contribution in [0.3, 0.4) is 0 Å². The third kappa shape index (κ3) is 11.1. The molecular weight excluding hydrogens is 569 g/mol. The van der Waals surface area contributed by atoms with Crippen molar-refractivity contribution in [3.05, 3.63) is 89.5 Å². The first kappa shape index (κ1) is 35.3. The van der Waals surface area contributed by atoms with Crippen LogP contribution in [0.25, 0.3) is 11.1 Å². The number of carbonyl (C=O) groups is 2. The number of carboxylic acids is 1. The number of aliphatic carboxylic acids is 1. The minimum absolute atomic E-state index is 0. The van der Waals surface area contributed by atoms with Crippen molar-refractivity contribution in [3.63, 3.8) is 0 Å². The van der Waals surface area contributed by atoms with Gasteiger partial charge in [-0.1, -0.05) is 80.6 Å². The van der Waals surface area contributed by atoms with Crippen molar-refractivity contribution < 1.29 is 39.7 Å². The number of hydrogen-bond donors (Lipinski definition) is 2. The maximum absolute atomic E-state index is 13.4. The predicted molar refractivity (Wildman–Crippen MR) is 177 cm³/mol. The summed E-state index contributed by atoms with van der Waals surface area (Å²) in [5.41, 5.74) is 4.28. The zero-order valence-corrected chi connectivity index (χ0v) is 27.4. The van der Waals surface area contributed by atoms with E-state index in [1.54, 1.807) is 11.8 Å². The quantitative estimate of drug-likeness (QED) is 0.178. The Labute approximate surface area is 279 Å². The predicted octanol–water partition coefficient (Wildman–Crippen LogP) is 5.36. The Kier molecular flexibility index (Phi) is 15.3. The molecule has 226 valence electrons. The second-order valence-corrected chi connectivity index (χ2v) is 13.2. The first-order chi connectivity index (χ1) is 20.4. The van der Waals surface area contributed by atoms with Gasteiger partial charge in [0.15, 0.2) is 0 Å². The number of carbonyl (C=O) groups excluding carboxylic acids is 1. The van der Waals surface area contributed by atoms with E-state index < -0.39 is 12.0 Å². The van der Waals surface area contributed by atoms with Gasteiger partial charge < -0.3 is 16.6 Å². The van der Waals surface area contributed by atoms with Gasteiger partial charge in [0.25, 0.3) is 5.91 Å². The van der Waals surface area contributed by atoms with Gasteiger partial charge in [-0.05, 0) is 84.2 Å². The molecule has 0 aliphatic heterocycles. The fourth-order valence-electron chi connectivity index (χ4n) is 5.60. The first-order valence-electron chi connectivity index (χ1n) is 15.0. The fourth-order valence-corrected chi connectivity index (χ4v) is 7.04. The second kappa shape index (κ2) is 18.6. The standard InChI is InChI=1S/C35H43NO4S2.Li.H/c1-25-11-9-10-16-30(25)32-22-27(17-18-31(32)34(37)36-33(35(38)39)19-20-41-2)23-40-28(21-26-12-5-3-6-13-26)24-42-29-14-7-4-8-15-29;;/h4,7-11,14-18,22,26,28,33H,3,5-6,12-13,19-21,23-24H2,1-2H3,(H,36,37)(H,38,39);;/q;+1;-1. The molecule has 43 heavy (non-hydrogen) atoms. The van der Waals surface area contributed by atoms with Crippen molar-refractivity contribution in [2.75, 3.05) is 17.8 Å². The SMILES string of the molecule is CSCCC(NC(=O)c1ccc(COC(CSc2ccccc2)CC2CCCCC2)cc1-c1ccccc1C)C(=O)O.[H-].[Li+]. The van der Waals surface area contributed by atoms with Crippen molar-refractivity contribution in [2.24, 2.45) is 5.92 Å². The van der Waals surface area contributed by atoms with E-state index in [-0.39, 0.29) is 32.3 Å². The molecule has 0 bridgehead atoms. The van der Waals surface area contributed by atoms with E-state index in [9.17, 15) is 14.7 Å². The Morgan fingerprint density at radius 1 is 1.00 bits per heavy atom. The summed E-state index contributed by atoms with van der Waals surface area (Å²) >= 11 is 3.41. The molecule has 8 heteroatoms. The normalized spacial score (nSPS) is 14.8. The van der Waals surface area contributed by atoms with Crippen molar-refractivity contribution in [2.45, 2.75) is 75.5 Å². The number of carboxylic acid groups (broad SMARTS) is 1. The average molecular weight is 614 g/mol. The summed E-state index contributed by atoms with van der Waals surface area (Å²) in [6.45, 7) is 2.48. The molecule has 3 aromatic rings. The third-order valence-corrected chi connectivity index (χ3v) is 9.75. The molecule has 0 spiro atoms. The molecule has 4 rings (SSSR count). The topological polar surface area (TPSA) is 75.6 Å². The van der Waals surface area contributed by atoms with Crippen LogP contribution in [-0.2, 0) is 16.1 Å². The largest absolute Gasteiger partial charge is 1.00 e. The molecule has 2 atom stereocenters. The molecule has 2 N–H and O–H groups in total. The van der Waals surface area contributed by atoms with Gasteiger partial charge in [0.2, 0.25) is 0 Å². The van der Waals surface area contributed by atoms with Gasteiger partial charge in [-0.3, -0.25) is 4.79 Å². The maximum atomic E-state index is 13.4. The summed E-state index contributed by atoms with van der Waals surface area (Å²) in [6.07, 6.45) is 10.0. The maximum Gasteiger partial charge on any atom is 1.00 e. The molecule has 0 heterocycles. The van der Waals surface area contributed by atoms with Crippen LogP contribution in [0.2, 0.25) is 0 Å². The van der Waals surface area contributed by atoms with Gasteiger partial charge in [-0.15, -0.1) is 11.8 Å². The van der Waals surface area contributed by atoms with E-state index >= 15 is 0 Å². The Balaban J connectivity index is 0.00000337. The summed E-state index contributed by atoms with van der Waals surface area (Å²) in [4.78, 5) is 26.5. The van der Waals surface area contributed by atoms with E-state index in [2.05, 4.69) is 29.6 Å². The molecule has 0 radical (unpaired) electrons. The minimum Gasteiger partial charge on any atom is -1.00 e. The van der Waals surface area contributed by atoms with Gasteiger partial charge in [-0.25, -0.2) is 4.79 Å². The van der Waals surface area contributed by atoms with Gasteiger partial charge in [0, 0.05) is 16.2 Å². The number of aryl methyl sites for hydroxylation is 1. The fraction of sp³-hybridized carbons (Fsp3) is 0.429. The Hall–Kier alpha value is -2.14. The van der Waals surface area contributed by atoms with Crippen LogP contribution in [0.15, 0.2) is 77.7 Å².